The van der Waals surface area contributed by atoms with Crippen molar-refractivity contribution in [3.05, 3.63) is 24.3 Å². The van der Waals surface area contributed by atoms with E-state index in [1.807, 2.05) is 6.92 Å². The normalized spacial score (nSPS) is 12.1. The third-order valence-corrected chi connectivity index (χ3v) is 2.66. The molecule has 0 atom stereocenters. The topological polar surface area (TPSA) is 66.7 Å². The molecule has 15 heavy (non-hydrogen) atoms. The van der Waals surface area contributed by atoms with Crippen molar-refractivity contribution in [1.82, 2.24) is 0 Å². The number of hydrogen-bond acceptors (Lipinski definition) is 3. The van der Waals surface area contributed by atoms with Gasteiger partial charge in [-0.2, -0.15) is 8.42 Å². The van der Waals surface area contributed by atoms with E-state index in [2.05, 4.69) is 4.99 Å². The quantitative estimate of drug-likeness (QED) is 0.634. The van der Waals surface area contributed by atoms with E-state index in [1.54, 1.807) is 18.3 Å². The molecule has 0 aliphatic rings. The van der Waals surface area contributed by atoms with E-state index in [0.717, 1.165) is 12.8 Å². The van der Waals surface area contributed by atoms with E-state index < -0.39 is 10.1 Å². The van der Waals surface area contributed by atoms with Crippen LogP contribution in [-0.4, -0.2) is 19.2 Å². The van der Waals surface area contributed by atoms with Gasteiger partial charge in [-0.15, -0.1) is 0 Å². The molecule has 1 rings (SSSR count). The molecule has 1 N–H and O–H groups in total. The zero-order valence-corrected chi connectivity index (χ0v) is 9.24. The highest BCUT2D eigenvalue weighted by molar-refractivity contribution is 7.85. The molecule has 0 aromatic heterocycles. The van der Waals surface area contributed by atoms with E-state index in [4.69, 9.17) is 4.55 Å². The first kappa shape index (κ1) is 11.9. The number of nitrogens with zero attached hydrogens (tertiary/aromatic N) is 1. The number of hydrogen-bond donors (Lipinski definition) is 1. The summed E-state index contributed by atoms with van der Waals surface area (Å²) in [7, 11) is -4.10. The fraction of sp³-hybridized carbons (Fsp3) is 0.300. The van der Waals surface area contributed by atoms with Crippen molar-refractivity contribution in [1.29, 1.82) is 0 Å². The monoisotopic (exact) mass is 227 g/mol. The molecule has 82 valence electrons. The largest absolute Gasteiger partial charge is 0.294 e. The highest BCUT2D eigenvalue weighted by Gasteiger charge is 2.07. The smallest absolute Gasteiger partial charge is 0.282 e. The minimum atomic E-state index is -4.10. The van der Waals surface area contributed by atoms with Crippen LogP contribution in [0.3, 0.4) is 0 Å². The van der Waals surface area contributed by atoms with Crippen LogP contribution in [0, 0.1) is 0 Å². The molecule has 1 aromatic rings. The van der Waals surface area contributed by atoms with Gasteiger partial charge in [0.2, 0.25) is 0 Å². The van der Waals surface area contributed by atoms with Gasteiger partial charge in [0.1, 0.15) is 0 Å². The molecule has 0 unspecified atom stereocenters. The molecule has 4 nitrogen and oxygen atoms in total. The number of benzene rings is 1. The second-order valence-electron chi connectivity index (χ2n) is 3.07. The molecule has 0 saturated carbocycles. The predicted octanol–water partition coefficient (Wildman–Crippen LogP) is 2.44. The van der Waals surface area contributed by atoms with Gasteiger partial charge in [-0.1, -0.05) is 13.3 Å². The minimum absolute atomic E-state index is 0.114. The van der Waals surface area contributed by atoms with Gasteiger partial charge in [-0.05, 0) is 30.7 Å². The van der Waals surface area contributed by atoms with E-state index in [-0.39, 0.29) is 4.90 Å². The summed E-state index contributed by atoms with van der Waals surface area (Å²) in [5.74, 6) is 0. The zero-order valence-electron chi connectivity index (χ0n) is 8.42. The number of rotatable bonds is 4. The van der Waals surface area contributed by atoms with Crippen LogP contribution in [0.4, 0.5) is 5.69 Å². The highest BCUT2D eigenvalue weighted by Crippen LogP contribution is 2.15. The maximum Gasteiger partial charge on any atom is 0.294 e. The van der Waals surface area contributed by atoms with Gasteiger partial charge in [0, 0.05) is 6.21 Å². The highest BCUT2D eigenvalue weighted by atomic mass is 32.2. The first-order chi connectivity index (χ1) is 7.04. The fourth-order valence-corrected chi connectivity index (χ4v) is 1.48. The number of unbranched alkanes of at least 4 members (excludes halogenated alkanes) is 1. The summed E-state index contributed by atoms with van der Waals surface area (Å²) in [5.41, 5.74) is 0.677. The van der Waals surface area contributed by atoms with Crippen LogP contribution in [0.2, 0.25) is 0 Å². The third-order valence-electron chi connectivity index (χ3n) is 1.79. The molecule has 5 heteroatoms. The van der Waals surface area contributed by atoms with E-state index >= 15 is 0 Å². The Labute approximate surface area is 89.4 Å². The van der Waals surface area contributed by atoms with Crippen molar-refractivity contribution in [3.8, 4) is 0 Å². The maximum atomic E-state index is 10.7. The van der Waals surface area contributed by atoms with Crippen LogP contribution in [0.1, 0.15) is 19.8 Å². The SMILES string of the molecule is CCC/C=N/c1ccc(S(=O)(=O)O)cc1. The summed E-state index contributed by atoms with van der Waals surface area (Å²) in [4.78, 5) is 4.00. The Bertz CT molecular complexity index is 434. The average Bonchev–Trinajstić information content (AvgIpc) is 2.18. The zero-order chi connectivity index (χ0) is 11.3. The van der Waals surface area contributed by atoms with Crippen LogP contribution < -0.4 is 0 Å². The van der Waals surface area contributed by atoms with Crippen molar-refractivity contribution in [2.24, 2.45) is 4.99 Å². The van der Waals surface area contributed by atoms with Crippen molar-refractivity contribution >= 4 is 22.0 Å². The molecular formula is C10H13NO3S. The molecule has 0 spiro atoms. The Kier molecular flexibility index (Phi) is 3.99. The van der Waals surface area contributed by atoms with Gasteiger partial charge in [-0.25, -0.2) is 0 Å². The summed E-state index contributed by atoms with van der Waals surface area (Å²) in [5, 5.41) is 0. The van der Waals surface area contributed by atoms with E-state index in [9.17, 15) is 8.42 Å². The molecule has 0 aliphatic carbocycles. The van der Waals surface area contributed by atoms with Crippen molar-refractivity contribution in [2.75, 3.05) is 0 Å². The van der Waals surface area contributed by atoms with Crippen LogP contribution in [0.25, 0.3) is 0 Å². The van der Waals surface area contributed by atoms with E-state index in [0.29, 0.717) is 5.69 Å². The maximum absolute atomic E-state index is 10.7. The molecule has 0 aliphatic heterocycles. The summed E-state index contributed by atoms with van der Waals surface area (Å²) in [6.07, 6.45) is 3.69. The van der Waals surface area contributed by atoms with Crippen LogP contribution in [0.5, 0.6) is 0 Å². The van der Waals surface area contributed by atoms with Crippen molar-refractivity contribution in [3.63, 3.8) is 0 Å². The van der Waals surface area contributed by atoms with Gasteiger partial charge in [0.25, 0.3) is 10.1 Å². The Morgan fingerprint density at radius 3 is 2.40 bits per heavy atom. The summed E-state index contributed by atoms with van der Waals surface area (Å²) < 4.78 is 30.2. The van der Waals surface area contributed by atoms with Gasteiger partial charge in [-0.3, -0.25) is 9.55 Å². The second kappa shape index (κ2) is 5.04. The Morgan fingerprint density at radius 2 is 1.93 bits per heavy atom. The summed E-state index contributed by atoms with van der Waals surface area (Å²) >= 11 is 0. The van der Waals surface area contributed by atoms with E-state index in [1.165, 1.54) is 12.1 Å². The molecular weight excluding hydrogens is 214 g/mol. The first-order valence-electron chi connectivity index (χ1n) is 4.64. The minimum Gasteiger partial charge on any atom is -0.282 e. The Hall–Kier alpha value is -1.20. The van der Waals surface area contributed by atoms with Crippen molar-refractivity contribution < 1.29 is 13.0 Å². The molecule has 0 radical (unpaired) electrons. The predicted molar refractivity (Wildman–Crippen MR) is 59.3 cm³/mol. The fourth-order valence-electron chi connectivity index (χ4n) is 1.00. The van der Waals surface area contributed by atoms with Crippen LogP contribution >= 0.6 is 0 Å². The van der Waals surface area contributed by atoms with Gasteiger partial charge >= 0.3 is 0 Å². The summed E-state index contributed by atoms with van der Waals surface area (Å²) in [6, 6.07) is 5.76. The second-order valence-corrected chi connectivity index (χ2v) is 4.49. The lowest BCUT2D eigenvalue weighted by molar-refractivity contribution is 0.483. The third kappa shape index (κ3) is 3.81. The number of aliphatic imine (C=N–C) groups is 1. The van der Waals surface area contributed by atoms with Gasteiger partial charge < -0.3 is 0 Å². The van der Waals surface area contributed by atoms with Crippen LogP contribution in [-0.2, 0) is 10.1 Å². The molecule has 0 fully saturated rings. The molecule has 0 bridgehead atoms. The lowest BCUT2D eigenvalue weighted by Gasteiger charge is -1.97. The van der Waals surface area contributed by atoms with Crippen molar-refractivity contribution in [2.45, 2.75) is 24.7 Å². The molecule has 0 amide bonds. The molecule has 0 saturated heterocycles. The molecule has 0 heterocycles. The first-order valence-corrected chi connectivity index (χ1v) is 6.08. The average molecular weight is 227 g/mol. The lowest BCUT2D eigenvalue weighted by atomic mass is 10.3. The lowest BCUT2D eigenvalue weighted by Crippen LogP contribution is -1.96. The summed E-state index contributed by atoms with van der Waals surface area (Å²) in [6.45, 7) is 2.05. The Balaban J connectivity index is 2.82. The van der Waals surface area contributed by atoms with Crippen LogP contribution in [0.15, 0.2) is 34.2 Å². The van der Waals surface area contributed by atoms with Gasteiger partial charge in [0.15, 0.2) is 0 Å². The molecule has 1 aromatic carbocycles. The Morgan fingerprint density at radius 1 is 1.33 bits per heavy atom. The van der Waals surface area contributed by atoms with Gasteiger partial charge in [0.05, 0.1) is 10.6 Å². The standard InChI is InChI=1S/C10H13NO3S/c1-2-3-8-11-9-4-6-10(7-5-9)15(12,13)14/h4-8H,2-3H2,1H3,(H,12,13,14)/b11-8+.